The van der Waals surface area contributed by atoms with Gasteiger partial charge in [0.2, 0.25) is 6.21 Å². The van der Waals surface area contributed by atoms with E-state index in [2.05, 4.69) is 67.3 Å². The van der Waals surface area contributed by atoms with Crippen molar-refractivity contribution < 1.29 is 4.68 Å². The second-order valence-corrected chi connectivity index (χ2v) is 8.85. The highest BCUT2D eigenvalue weighted by Crippen LogP contribution is 2.13. The third kappa shape index (κ3) is 15.2. The summed E-state index contributed by atoms with van der Waals surface area (Å²) in [6, 6.07) is 10.6. The molecule has 0 atom stereocenters. The molecule has 0 N–H and O–H groups in total. The summed E-state index contributed by atoms with van der Waals surface area (Å²) in [6.07, 6.45) is 25.1. The SMILES string of the molecule is CCCCCCCCCCCCCCCCCC[N+](=Cc1ccccc1)N(C)C. The fourth-order valence-corrected chi connectivity index (χ4v) is 3.91. The molecule has 29 heavy (non-hydrogen) atoms. The lowest BCUT2D eigenvalue weighted by Crippen LogP contribution is -2.30. The average Bonchev–Trinajstić information content (AvgIpc) is 2.73. The number of hydrogen-bond acceptors (Lipinski definition) is 1. The van der Waals surface area contributed by atoms with Crippen molar-refractivity contribution in [1.82, 2.24) is 5.01 Å². The minimum absolute atomic E-state index is 1.11. The van der Waals surface area contributed by atoms with Crippen LogP contribution in [-0.2, 0) is 0 Å². The predicted octanol–water partition coefficient (Wildman–Crippen LogP) is 7.86. The topological polar surface area (TPSA) is 6.25 Å². The number of hydrazone groups is 1. The zero-order valence-electron chi connectivity index (χ0n) is 19.9. The Labute approximate surface area is 182 Å². The third-order valence-corrected chi connectivity index (χ3v) is 5.85. The zero-order valence-corrected chi connectivity index (χ0v) is 19.9. The van der Waals surface area contributed by atoms with Crippen molar-refractivity contribution in [3.05, 3.63) is 35.9 Å². The van der Waals surface area contributed by atoms with E-state index in [1.165, 1.54) is 108 Å². The van der Waals surface area contributed by atoms with Gasteiger partial charge in [0.15, 0.2) is 6.54 Å². The van der Waals surface area contributed by atoms with Gasteiger partial charge in [-0.3, -0.25) is 0 Å². The molecule has 0 aromatic heterocycles. The first kappa shape index (κ1) is 25.7. The van der Waals surface area contributed by atoms with E-state index in [1.54, 1.807) is 0 Å². The van der Waals surface area contributed by atoms with E-state index >= 15 is 0 Å². The van der Waals surface area contributed by atoms with Gasteiger partial charge in [0.1, 0.15) is 0 Å². The Hall–Kier alpha value is -1.31. The van der Waals surface area contributed by atoms with Crippen molar-refractivity contribution >= 4 is 6.21 Å². The molecule has 0 spiro atoms. The normalized spacial score (nSPS) is 11.8. The Balaban J connectivity index is 1.92. The van der Waals surface area contributed by atoms with Crippen molar-refractivity contribution in [3.63, 3.8) is 0 Å². The Bertz CT molecular complexity index is 493. The van der Waals surface area contributed by atoms with Crippen LogP contribution in [0, 0.1) is 0 Å². The number of unbranched alkanes of at least 4 members (excludes halogenated alkanes) is 15. The molecule has 0 radical (unpaired) electrons. The number of hydrogen-bond donors (Lipinski definition) is 0. The fraction of sp³-hybridized carbons (Fsp3) is 0.741. The lowest BCUT2D eigenvalue weighted by atomic mass is 10.0. The van der Waals surface area contributed by atoms with Gasteiger partial charge in [-0.1, -0.05) is 115 Å². The van der Waals surface area contributed by atoms with Crippen LogP contribution in [0.25, 0.3) is 0 Å². The van der Waals surface area contributed by atoms with Crippen molar-refractivity contribution in [2.75, 3.05) is 20.6 Å². The number of rotatable bonds is 19. The quantitative estimate of drug-likeness (QED) is 0.0989. The van der Waals surface area contributed by atoms with Gasteiger partial charge in [-0.2, -0.15) is 5.01 Å². The van der Waals surface area contributed by atoms with Crippen molar-refractivity contribution in [1.29, 1.82) is 0 Å². The molecule has 0 aliphatic heterocycles. The van der Waals surface area contributed by atoms with Gasteiger partial charge in [0, 0.05) is 12.0 Å². The lowest BCUT2D eigenvalue weighted by Gasteiger charge is -2.11. The third-order valence-electron chi connectivity index (χ3n) is 5.85. The molecule has 0 saturated carbocycles. The van der Waals surface area contributed by atoms with Crippen LogP contribution in [0.1, 0.15) is 115 Å². The Morgan fingerprint density at radius 3 is 1.45 bits per heavy atom. The first-order valence-corrected chi connectivity index (χ1v) is 12.6. The van der Waals surface area contributed by atoms with E-state index in [0.29, 0.717) is 0 Å². The molecule has 2 nitrogen and oxygen atoms in total. The molecule has 0 unspecified atom stereocenters. The van der Waals surface area contributed by atoms with Crippen LogP contribution in [0.5, 0.6) is 0 Å². The maximum Gasteiger partial charge on any atom is 0.200 e. The summed E-state index contributed by atoms with van der Waals surface area (Å²) in [7, 11) is 4.26. The number of benzene rings is 1. The monoisotopic (exact) mass is 401 g/mol. The summed E-state index contributed by atoms with van der Waals surface area (Å²) < 4.78 is 2.33. The van der Waals surface area contributed by atoms with Crippen LogP contribution >= 0.6 is 0 Å². The van der Waals surface area contributed by atoms with E-state index in [-0.39, 0.29) is 0 Å². The molecular formula is C27H49N2+. The minimum Gasteiger partial charge on any atom is -0.192 e. The molecule has 0 aliphatic carbocycles. The predicted molar refractivity (Wildman–Crippen MR) is 130 cm³/mol. The van der Waals surface area contributed by atoms with E-state index < -0.39 is 0 Å². The van der Waals surface area contributed by atoms with Crippen LogP contribution in [-0.4, -0.2) is 36.5 Å². The lowest BCUT2D eigenvalue weighted by molar-refractivity contribution is -0.674. The number of nitrogens with zero attached hydrogens (tertiary/aromatic N) is 2. The van der Waals surface area contributed by atoms with E-state index in [0.717, 1.165) is 6.54 Å². The molecular weight excluding hydrogens is 352 g/mol. The second-order valence-electron chi connectivity index (χ2n) is 8.85. The molecule has 0 saturated heterocycles. The Morgan fingerprint density at radius 2 is 1.03 bits per heavy atom. The van der Waals surface area contributed by atoms with Crippen molar-refractivity contribution in [3.8, 4) is 0 Å². The molecule has 0 amide bonds. The van der Waals surface area contributed by atoms with Crippen LogP contribution in [0.4, 0.5) is 0 Å². The summed E-state index contributed by atoms with van der Waals surface area (Å²) in [6.45, 7) is 3.41. The minimum atomic E-state index is 1.11. The molecule has 2 heteroatoms. The van der Waals surface area contributed by atoms with Crippen LogP contribution in [0.2, 0.25) is 0 Å². The first-order chi connectivity index (χ1) is 14.2. The molecule has 1 rings (SSSR count). The summed E-state index contributed by atoms with van der Waals surface area (Å²) in [5.41, 5.74) is 1.28. The van der Waals surface area contributed by atoms with Gasteiger partial charge in [-0.25, -0.2) is 0 Å². The van der Waals surface area contributed by atoms with Crippen LogP contribution in [0.3, 0.4) is 0 Å². The smallest absolute Gasteiger partial charge is 0.192 e. The molecule has 1 aromatic rings. The Kier molecular flexibility index (Phi) is 16.6. The van der Waals surface area contributed by atoms with Gasteiger partial charge in [0.05, 0.1) is 14.1 Å². The maximum atomic E-state index is 2.33. The highest BCUT2D eigenvalue weighted by molar-refractivity contribution is 5.75. The van der Waals surface area contributed by atoms with Crippen LogP contribution < -0.4 is 0 Å². The molecule has 0 aliphatic rings. The molecule has 0 bridgehead atoms. The molecule has 1 aromatic carbocycles. The van der Waals surface area contributed by atoms with Crippen molar-refractivity contribution in [2.45, 2.75) is 110 Å². The summed E-state index contributed by atoms with van der Waals surface area (Å²) in [5, 5.41) is 2.19. The summed E-state index contributed by atoms with van der Waals surface area (Å²) in [5.74, 6) is 0. The fourth-order valence-electron chi connectivity index (χ4n) is 3.91. The van der Waals surface area contributed by atoms with Crippen LogP contribution in [0.15, 0.2) is 30.3 Å². The standard InChI is InChI=1S/C27H49N2/c1-4-5-6-7-8-9-10-11-12-13-14-15-16-17-18-22-25-29(28(2)3)26-27-23-20-19-21-24-27/h19-21,23-24,26H,4-18,22,25H2,1-3H3/q+1. The van der Waals surface area contributed by atoms with Gasteiger partial charge in [-0.15, -0.1) is 4.68 Å². The van der Waals surface area contributed by atoms with E-state index in [1.807, 2.05) is 0 Å². The maximum absolute atomic E-state index is 2.33. The van der Waals surface area contributed by atoms with E-state index in [9.17, 15) is 0 Å². The van der Waals surface area contributed by atoms with Gasteiger partial charge in [-0.05, 0) is 18.6 Å². The van der Waals surface area contributed by atoms with E-state index in [4.69, 9.17) is 0 Å². The zero-order chi connectivity index (χ0) is 21.0. The molecule has 166 valence electrons. The highest BCUT2D eigenvalue weighted by Gasteiger charge is 2.07. The summed E-state index contributed by atoms with van der Waals surface area (Å²) >= 11 is 0. The first-order valence-electron chi connectivity index (χ1n) is 12.6. The second kappa shape index (κ2) is 18.7. The molecule has 0 heterocycles. The van der Waals surface area contributed by atoms with Gasteiger partial charge < -0.3 is 0 Å². The summed E-state index contributed by atoms with van der Waals surface area (Å²) in [4.78, 5) is 0. The van der Waals surface area contributed by atoms with Gasteiger partial charge >= 0.3 is 0 Å². The average molecular weight is 402 g/mol. The van der Waals surface area contributed by atoms with Gasteiger partial charge in [0.25, 0.3) is 0 Å². The van der Waals surface area contributed by atoms with Crippen molar-refractivity contribution in [2.24, 2.45) is 0 Å². The molecule has 0 fully saturated rings. The number of hydrazine groups is 1. The largest absolute Gasteiger partial charge is 0.200 e. The highest BCUT2D eigenvalue weighted by atomic mass is 15.5. The Morgan fingerprint density at radius 1 is 0.621 bits per heavy atom.